The van der Waals surface area contributed by atoms with Crippen LogP contribution < -0.4 is 21.7 Å². The van der Waals surface area contributed by atoms with Crippen molar-refractivity contribution < 1.29 is 23.2 Å². The first-order valence-electron chi connectivity index (χ1n) is 17.9. The van der Waals surface area contributed by atoms with Crippen molar-refractivity contribution in [1.29, 1.82) is 0 Å². The molecule has 2 atom stereocenters. The van der Waals surface area contributed by atoms with Crippen LogP contribution in [-0.2, 0) is 26.3 Å². The number of hydrogen-bond acceptors (Lipinski definition) is 6. The van der Waals surface area contributed by atoms with E-state index in [1.807, 2.05) is 68.4 Å². The van der Waals surface area contributed by atoms with E-state index in [0.717, 1.165) is 59.8 Å². The Labute approximate surface area is 296 Å². The fourth-order valence-electron chi connectivity index (χ4n) is 7.06. The van der Waals surface area contributed by atoms with Gasteiger partial charge in [-0.05, 0) is 67.1 Å². The number of hydrogen-bond donors (Lipinski definition) is 4. The largest absolute Gasteiger partial charge is 0.354 e. The zero-order valence-electron chi connectivity index (χ0n) is 29.8. The number of nitrogens with zero attached hydrogens (tertiary/aromatic N) is 1. The van der Waals surface area contributed by atoms with Gasteiger partial charge in [0.15, 0.2) is 0 Å². The van der Waals surface area contributed by atoms with E-state index in [4.69, 9.17) is 0 Å². The number of alkyl halides is 2. The molecule has 1 aliphatic rings. The molecule has 8 nitrogen and oxygen atoms in total. The quantitative estimate of drug-likeness (QED) is 0.0827. The van der Waals surface area contributed by atoms with E-state index in [9.17, 15) is 23.2 Å². The van der Waals surface area contributed by atoms with Crippen LogP contribution in [0.2, 0.25) is 0 Å². The number of aldehydes is 1. The molecule has 5 N–H and O–H groups in total. The number of nitrogens with two attached hydrogens (primary N) is 1. The second-order valence-electron chi connectivity index (χ2n) is 12.6. The predicted octanol–water partition coefficient (Wildman–Crippen LogP) is 5.82. The molecule has 0 fully saturated rings. The lowest BCUT2D eigenvalue weighted by Gasteiger charge is -2.33. The van der Waals surface area contributed by atoms with Gasteiger partial charge in [-0.15, -0.1) is 0 Å². The Morgan fingerprint density at radius 1 is 0.860 bits per heavy atom. The molecule has 10 heteroatoms. The maximum absolute atomic E-state index is 13.4. The number of likely N-dealkylation sites (N-methyl/N-ethyl adjacent to an activating group) is 1. The molecule has 272 valence electrons. The molecule has 0 aromatic heterocycles. The van der Waals surface area contributed by atoms with Crippen molar-refractivity contribution >= 4 is 18.1 Å². The van der Waals surface area contributed by atoms with E-state index >= 15 is 0 Å². The van der Waals surface area contributed by atoms with Crippen LogP contribution in [-0.4, -0.2) is 74.7 Å². The van der Waals surface area contributed by atoms with Crippen LogP contribution in [0.3, 0.4) is 0 Å². The molecule has 50 heavy (non-hydrogen) atoms. The van der Waals surface area contributed by atoms with Crippen molar-refractivity contribution in [2.75, 3.05) is 33.2 Å². The monoisotopic (exact) mass is 691 g/mol. The molecule has 0 saturated carbocycles. The molecule has 1 aliphatic carbocycles. The minimum Gasteiger partial charge on any atom is -0.354 e. The fourth-order valence-corrected chi connectivity index (χ4v) is 7.06. The van der Waals surface area contributed by atoms with Gasteiger partial charge in [-0.2, -0.15) is 0 Å². The number of rotatable bonds is 21. The lowest BCUT2D eigenvalue weighted by atomic mass is 9.74. The molecule has 2 unspecified atom stereocenters. The van der Waals surface area contributed by atoms with Crippen LogP contribution in [0.4, 0.5) is 8.78 Å². The molecule has 0 saturated heterocycles. The Morgan fingerprint density at radius 2 is 1.48 bits per heavy atom. The van der Waals surface area contributed by atoms with Crippen molar-refractivity contribution in [2.24, 2.45) is 5.73 Å². The van der Waals surface area contributed by atoms with Crippen molar-refractivity contribution in [2.45, 2.75) is 89.3 Å². The van der Waals surface area contributed by atoms with Gasteiger partial charge in [-0.3, -0.25) is 14.5 Å². The number of unbranched alkanes of at least 4 members (excludes halogenated alkanes) is 2. The lowest BCUT2D eigenvalue weighted by Crippen LogP contribution is -2.53. The van der Waals surface area contributed by atoms with Crippen LogP contribution in [0.1, 0.15) is 75.5 Å². The Balaban J connectivity index is 0.00000332. The number of carbonyl (C=O) groups is 3. The Bertz CT molecular complexity index is 1430. The summed E-state index contributed by atoms with van der Waals surface area (Å²) in [6.07, 6.45) is 2.50. The van der Waals surface area contributed by atoms with Gasteiger partial charge in [0.05, 0.1) is 12.6 Å². The first-order chi connectivity index (χ1) is 24.3. The van der Waals surface area contributed by atoms with Gasteiger partial charge in [0.1, 0.15) is 12.3 Å². The number of carbonyl (C=O) groups excluding carboxylic acids is 3. The van der Waals surface area contributed by atoms with Gasteiger partial charge < -0.3 is 26.5 Å². The van der Waals surface area contributed by atoms with Crippen molar-refractivity contribution in [3.05, 3.63) is 95.6 Å². The van der Waals surface area contributed by atoms with Gasteiger partial charge in [0, 0.05) is 31.5 Å². The molecule has 0 bridgehead atoms. The van der Waals surface area contributed by atoms with Crippen molar-refractivity contribution in [3.8, 4) is 11.1 Å². The molecule has 3 aromatic carbocycles. The van der Waals surface area contributed by atoms with Crippen LogP contribution in [0.25, 0.3) is 11.1 Å². The molecule has 2 amide bonds. The van der Waals surface area contributed by atoms with E-state index < -0.39 is 23.9 Å². The highest BCUT2D eigenvalue weighted by Crippen LogP contribution is 2.51. The zero-order chi connectivity index (χ0) is 36.4. The zero-order valence-corrected chi connectivity index (χ0v) is 29.8. The van der Waals surface area contributed by atoms with E-state index in [1.54, 1.807) is 0 Å². The summed E-state index contributed by atoms with van der Waals surface area (Å²) in [5.74, 6) is -0.512. The molecule has 4 rings (SSSR count). The summed E-state index contributed by atoms with van der Waals surface area (Å²) < 4.78 is 26.3. The van der Waals surface area contributed by atoms with Gasteiger partial charge in [0.25, 0.3) is 6.43 Å². The smallest absolute Gasteiger partial charge is 0.250 e. The Kier molecular flexibility index (Phi) is 17.2. The summed E-state index contributed by atoms with van der Waals surface area (Å²) >= 11 is 0. The van der Waals surface area contributed by atoms with Gasteiger partial charge in [-0.1, -0.05) is 106 Å². The summed E-state index contributed by atoms with van der Waals surface area (Å²) in [6.45, 7) is 5.76. The first kappa shape index (κ1) is 40.4. The number of nitrogens with one attached hydrogen (secondary N) is 3. The topological polar surface area (TPSA) is 117 Å². The summed E-state index contributed by atoms with van der Waals surface area (Å²) in [6, 6.07) is 25.2. The Hall–Kier alpha value is -3.99. The van der Waals surface area contributed by atoms with Gasteiger partial charge >= 0.3 is 0 Å². The number of halogens is 2. The molecule has 0 aliphatic heterocycles. The number of amides is 2. The highest BCUT2D eigenvalue weighted by Gasteiger charge is 2.42. The summed E-state index contributed by atoms with van der Waals surface area (Å²) in [4.78, 5) is 40.0. The number of benzene rings is 3. The molecule has 0 radical (unpaired) electrons. The predicted molar refractivity (Wildman–Crippen MR) is 197 cm³/mol. The maximum Gasteiger partial charge on any atom is 0.250 e. The molecule has 0 spiro atoms. The summed E-state index contributed by atoms with van der Waals surface area (Å²) in [7, 11) is 1.50. The van der Waals surface area contributed by atoms with E-state index in [-0.39, 0.29) is 31.2 Å². The van der Waals surface area contributed by atoms with Gasteiger partial charge in [-0.25, -0.2) is 8.78 Å². The van der Waals surface area contributed by atoms with Gasteiger partial charge in [0.2, 0.25) is 11.8 Å². The fraction of sp³-hybridized carbons (Fsp3) is 0.475. The molecular weight excluding hydrogens is 636 g/mol. The average molecular weight is 692 g/mol. The normalized spacial score (nSPS) is 13.8. The second kappa shape index (κ2) is 21.3. The summed E-state index contributed by atoms with van der Waals surface area (Å²) in [5.41, 5.74) is 9.80. The minimum absolute atomic E-state index is 0.168. The number of fused-ring (bicyclic) bond motifs is 3. The third-order valence-electron chi connectivity index (χ3n) is 9.45. The van der Waals surface area contributed by atoms with Crippen LogP contribution in [0.15, 0.2) is 78.9 Å². The van der Waals surface area contributed by atoms with E-state index in [2.05, 4.69) is 50.8 Å². The van der Waals surface area contributed by atoms with Crippen molar-refractivity contribution in [3.63, 3.8) is 0 Å². The first-order valence-corrected chi connectivity index (χ1v) is 17.9. The van der Waals surface area contributed by atoms with E-state index in [0.29, 0.717) is 32.6 Å². The second-order valence-corrected chi connectivity index (χ2v) is 12.6. The third kappa shape index (κ3) is 10.8. The third-order valence-corrected chi connectivity index (χ3v) is 9.45. The SMILES string of the molecule is CCC(C(=O)NC(CCC=O)C(=O)NCCCCCC1(CNCC(F)F)c2ccccc2-c2ccccc21)N(CC)Cc1ccccc1.CN. The molecule has 0 heterocycles. The van der Waals surface area contributed by atoms with E-state index in [1.165, 1.54) is 7.05 Å². The Morgan fingerprint density at radius 3 is 2.06 bits per heavy atom. The lowest BCUT2D eigenvalue weighted by molar-refractivity contribution is -0.132. The maximum atomic E-state index is 13.4. The standard InChI is InChI=1S/C39H50F2N4O3.CH5N/c1-3-35(45(4-2)27-29-16-7-5-8-17-29)38(48)44-34(22-15-25-46)37(47)43-24-14-6-13-23-39(28-42-26-36(40)41)32-20-11-9-18-30(32)31-19-10-12-21-33(31)39;1-2/h5,7-12,16-21,25,34-36,42H,3-4,6,13-15,22-24,26-28H2,1-2H3,(H,43,47)(H,44,48);2H2,1H3. The van der Waals surface area contributed by atoms with Crippen LogP contribution >= 0.6 is 0 Å². The van der Waals surface area contributed by atoms with Crippen LogP contribution in [0, 0.1) is 0 Å². The van der Waals surface area contributed by atoms with Crippen LogP contribution in [0.5, 0.6) is 0 Å². The minimum atomic E-state index is -2.43. The molecular formula is C40H55F2N5O3. The molecule has 3 aromatic rings. The van der Waals surface area contributed by atoms with Crippen molar-refractivity contribution in [1.82, 2.24) is 20.9 Å². The highest BCUT2D eigenvalue weighted by atomic mass is 19.3. The highest BCUT2D eigenvalue weighted by molar-refractivity contribution is 5.90. The summed E-state index contributed by atoms with van der Waals surface area (Å²) in [5, 5.41) is 8.93. The average Bonchev–Trinajstić information content (AvgIpc) is 3.41.